The highest BCUT2D eigenvalue weighted by Crippen LogP contribution is 2.28. The van der Waals surface area contributed by atoms with Crippen LogP contribution in [0.25, 0.3) is 0 Å². The molecule has 1 nitrogen and oxygen atoms in total. The van der Waals surface area contributed by atoms with Gasteiger partial charge in [-0.15, -0.1) is 0 Å². The molecule has 0 amide bonds. The minimum atomic E-state index is 0.520. The highest BCUT2D eigenvalue weighted by Gasteiger charge is 2.20. The van der Waals surface area contributed by atoms with E-state index in [1.165, 1.54) is 21.3 Å². The number of anilines is 1. The normalized spacial score (nSPS) is 17.6. The Morgan fingerprint density at radius 2 is 1.82 bits per heavy atom. The van der Waals surface area contributed by atoms with E-state index in [9.17, 15) is 0 Å². The molecule has 1 aliphatic heterocycles. The SMILES string of the molecule is Brc1ccccc1CC1Cc2ccccc2N1. The number of rotatable bonds is 2. The summed E-state index contributed by atoms with van der Waals surface area (Å²) in [6.45, 7) is 0. The lowest BCUT2D eigenvalue weighted by Gasteiger charge is -2.12. The van der Waals surface area contributed by atoms with E-state index in [1.807, 2.05) is 0 Å². The van der Waals surface area contributed by atoms with Crippen LogP contribution < -0.4 is 5.32 Å². The van der Waals surface area contributed by atoms with Crippen LogP contribution >= 0.6 is 15.9 Å². The number of halogens is 1. The first kappa shape index (κ1) is 10.8. The number of para-hydroxylation sites is 1. The first-order valence-corrected chi connectivity index (χ1v) is 6.70. The first-order valence-electron chi connectivity index (χ1n) is 5.91. The summed E-state index contributed by atoms with van der Waals surface area (Å²) in [6.07, 6.45) is 2.19. The van der Waals surface area contributed by atoms with Crippen LogP contribution in [0, 0.1) is 0 Å². The Morgan fingerprint density at radius 3 is 2.65 bits per heavy atom. The standard InChI is InChI=1S/C15H14BrN/c16-14-7-3-1-5-11(14)9-13-10-12-6-2-4-8-15(12)17-13/h1-8,13,17H,9-10H2. The van der Waals surface area contributed by atoms with E-state index in [4.69, 9.17) is 0 Å². The Hall–Kier alpha value is -1.28. The Balaban J connectivity index is 1.76. The average molecular weight is 288 g/mol. The van der Waals surface area contributed by atoms with Crippen molar-refractivity contribution in [3.05, 3.63) is 64.1 Å². The van der Waals surface area contributed by atoms with Crippen LogP contribution in [0.3, 0.4) is 0 Å². The van der Waals surface area contributed by atoms with Gasteiger partial charge in [-0.05, 0) is 36.1 Å². The van der Waals surface area contributed by atoms with E-state index in [1.54, 1.807) is 0 Å². The fourth-order valence-corrected chi connectivity index (χ4v) is 2.87. The van der Waals surface area contributed by atoms with Crippen LogP contribution in [0.2, 0.25) is 0 Å². The molecule has 1 aliphatic rings. The molecule has 2 heteroatoms. The number of fused-ring (bicyclic) bond motifs is 1. The lowest BCUT2D eigenvalue weighted by molar-refractivity contribution is 0.744. The third-order valence-corrected chi connectivity index (χ3v) is 4.04. The maximum atomic E-state index is 3.61. The van der Waals surface area contributed by atoms with Crippen molar-refractivity contribution in [2.24, 2.45) is 0 Å². The highest BCUT2D eigenvalue weighted by atomic mass is 79.9. The van der Waals surface area contributed by atoms with Crippen molar-refractivity contribution in [3.63, 3.8) is 0 Å². The zero-order valence-electron chi connectivity index (χ0n) is 9.49. The van der Waals surface area contributed by atoms with Gasteiger partial charge in [-0.25, -0.2) is 0 Å². The number of benzene rings is 2. The summed E-state index contributed by atoms with van der Waals surface area (Å²) in [5.41, 5.74) is 4.10. The molecule has 0 saturated carbocycles. The summed E-state index contributed by atoms with van der Waals surface area (Å²) in [7, 11) is 0. The van der Waals surface area contributed by atoms with E-state index < -0.39 is 0 Å². The number of hydrogen-bond acceptors (Lipinski definition) is 1. The Kier molecular flexibility index (Phi) is 2.89. The maximum Gasteiger partial charge on any atom is 0.0375 e. The molecule has 1 N–H and O–H groups in total. The van der Waals surface area contributed by atoms with Gasteiger partial charge in [-0.3, -0.25) is 0 Å². The van der Waals surface area contributed by atoms with Gasteiger partial charge in [-0.2, -0.15) is 0 Å². The van der Waals surface area contributed by atoms with Gasteiger partial charge in [-0.1, -0.05) is 52.3 Å². The van der Waals surface area contributed by atoms with Gasteiger partial charge >= 0.3 is 0 Å². The minimum Gasteiger partial charge on any atom is -0.381 e. The van der Waals surface area contributed by atoms with Crippen LogP contribution in [0.5, 0.6) is 0 Å². The monoisotopic (exact) mass is 287 g/mol. The Labute approximate surface area is 110 Å². The largest absolute Gasteiger partial charge is 0.381 e. The fraction of sp³-hybridized carbons (Fsp3) is 0.200. The second-order valence-corrected chi connectivity index (χ2v) is 5.35. The molecule has 1 unspecified atom stereocenters. The second-order valence-electron chi connectivity index (χ2n) is 4.50. The first-order chi connectivity index (χ1) is 8.33. The van der Waals surface area contributed by atoms with Crippen molar-refractivity contribution >= 4 is 21.6 Å². The van der Waals surface area contributed by atoms with Crippen molar-refractivity contribution in [1.82, 2.24) is 0 Å². The van der Waals surface area contributed by atoms with Gasteiger partial charge < -0.3 is 5.32 Å². The van der Waals surface area contributed by atoms with Crippen LogP contribution in [0.15, 0.2) is 53.0 Å². The molecule has 0 saturated heterocycles. The Bertz CT molecular complexity index is 511. The average Bonchev–Trinajstić information content (AvgIpc) is 2.74. The summed E-state index contributed by atoms with van der Waals surface area (Å²) in [6, 6.07) is 17.6. The smallest absolute Gasteiger partial charge is 0.0375 e. The molecular formula is C15H14BrN. The third kappa shape index (κ3) is 2.22. The van der Waals surface area contributed by atoms with E-state index in [2.05, 4.69) is 69.8 Å². The predicted molar refractivity (Wildman–Crippen MR) is 75.4 cm³/mol. The quantitative estimate of drug-likeness (QED) is 0.879. The predicted octanol–water partition coefficient (Wildman–Crippen LogP) is 4.03. The molecule has 1 atom stereocenters. The summed E-state index contributed by atoms with van der Waals surface area (Å²) >= 11 is 3.61. The zero-order chi connectivity index (χ0) is 11.7. The van der Waals surface area contributed by atoms with Crippen molar-refractivity contribution in [2.45, 2.75) is 18.9 Å². The van der Waals surface area contributed by atoms with E-state index >= 15 is 0 Å². The van der Waals surface area contributed by atoms with E-state index in [-0.39, 0.29) is 0 Å². The molecule has 17 heavy (non-hydrogen) atoms. The minimum absolute atomic E-state index is 0.520. The van der Waals surface area contributed by atoms with Crippen LogP contribution in [0.1, 0.15) is 11.1 Å². The number of hydrogen-bond donors (Lipinski definition) is 1. The van der Waals surface area contributed by atoms with E-state index in [0.29, 0.717) is 6.04 Å². The summed E-state index contributed by atoms with van der Waals surface area (Å²) < 4.78 is 1.21. The lowest BCUT2D eigenvalue weighted by Crippen LogP contribution is -2.18. The van der Waals surface area contributed by atoms with Crippen LogP contribution in [-0.4, -0.2) is 6.04 Å². The van der Waals surface area contributed by atoms with Crippen molar-refractivity contribution < 1.29 is 0 Å². The van der Waals surface area contributed by atoms with Gasteiger partial charge in [0.05, 0.1) is 0 Å². The van der Waals surface area contributed by atoms with Gasteiger partial charge in [0.25, 0.3) is 0 Å². The molecule has 0 aromatic heterocycles. The number of nitrogens with one attached hydrogen (secondary N) is 1. The van der Waals surface area contributed by atoms with Crippen LogP contribution in [-0.2, 0) is 12.8 Å². The van der Waals surface area contributed by atoms with Crippen molar-refractivity contribution in [1.29, 1.82) is 0 Å². The van der Waals surface area contributed by atoms with Crippen molar-refractivity contribution in [3.8, 4) is 0 Å². The summed E-state index contributed by atoms with van der Waals surface area (Å²) in [5, 5.41) is 3.59. The molecule has 0 aliphatic carbocycles. The van der Waals surface area contributed by atoms with E-state index in [0.717, 1.165) is 12.8 Å². The molecule has 0 spiro atoms. The summed E-state index contributed by atoms with van der Waals surface area (Å²) in [5.74, 6) is 0. The molecule has 0 fully saturated rings. The lowest BCUT2D eigenvalue weighted by atomic mass is 10.0. The molecule has 1 heterocycles. The topological polar surface area (TPSA) is 12.0 Å². The van der Waals surface area contributed by atoms with Crippen LogP contribution in [0.4, 0.5) is 5.69 Å². The maximum absolute atomic E-state index is 3.61. The zero-order valence-corrected chi connectivity index (χ0v) is 11.1. The van der Waals surface area contributed by atoms with Gasteiger partial charge in [0, 0.05) is 16.2 Å². The molecule has 0 radical (unpaired) electrons. The van der Waals surface area contributed by atoms with Gasteiger partial charge in [0.2, 0.25) is 0 Å². The molecule has 2 aromatic rings. The molecule has 2 aromatic carbocycles. The molecule has 3 rings (SSSR count). The summed E-state index contributed by atoms with van der Waals surface area (Å²) in [4.78, 5) is 0. The van der Waals surface area contributed by atoms with Crippen molar-refractivity contribution in [2.75, 3.05) is 5.32 Å². The molecule has 0 bridgehead atoms. The molecule has 86 valence electrons. The second kappa shape index (κ2) is 4.53. The highest BCUT2D eigenvalue weighted by molar-refractivity contribution is 9.10. The Morgan fingerprint density at radius 1 is 1.06 bits per heavy atom. The van der Waals surface area contributed by atoms with Gasteiger partial charge in [0.1, 0.15) is 0 Å². The fourth-order valence-electron chi connectivity index (χ4n) is 2.43. The van der Waals surface area contributed by atoms with Gasteiger partial charge in [0.15, 0.2) is 0 Å². The third-order valence-electron chi connectivity index (χ3n) is 3.27. The molecular weight excluding hydrogens is 274 g/mol.